The number of hydrogen-bond donors (Lipinski definition) is 0. The molecule has 6 aromatic carbocycles. The second-order valence-corrected chi connectivity index (χ2v) is 17.5. The van der Waals surface area contributed by atoms with Crippen LogP contribution in [0.15, 0.2) is 91.0 Å². The first kappa shape index (κ1) is 42.5. The van der Waals surface area contributed by atoms with Crippen molar-refractivity contribution in [3.05, 3.63) is 178 Å². The van der Waals surface area contributed by atoms with Gasteiger partial charge in [-0.05, 0) is 23.8 Å². The summed E-state index contributed by atoms with van der Waals surface area (Å²) in [6.07, 6.45) is 0. The zero-order valence-electron chi connectivity index (χ0n) is 26.1. The third kappa shape index (κ3) is 7.79. The van der Waals surface area contributed by atoms with Gasteiger partial charge < -0.3 is 0 Å². The van der Waals surface area contributed by atoms with Crippen LogP contribution in [0.1, 0.15) is 0 Å². The van der Waals surface area contributed by atoms with Crippen LogP contribution in [0.3, 0.4) is 0 Å². The van der Waals surface area contributed by atoms with E-state index in [1.54, 1.807) is 0 Å². The van der Waals surface area contributed by atoms with Crippen molar-refractivity contribution in [3.63, 3.8) is 0 Å². The van der Waals surface area contributed by atoms with E-state index in [0.29, 0.717) is 0 Å². The van der Waals surface area contributed by atoms with E-state index in [2.05, 4.69) is 91.0 Å². The fraction of sp³-hybridized carbons (Fsp3) is 0. The summed E-state index contributed by atoms with van der Waals surface area (Å²) in [6.45, 7) is 0. The van der Waals surface area contributed by atoms with Gasteiger partial charge in [-0.15, -0.1) is 0 Å². The molecule has 0 saturated carbocycles. The fourth-order valence-corrected chi connectivity index (χ4v) is 13.0. The molecule has 0 bridgehead atoms. The van der Waals surface area contributed by atoms with Gasteiger partial charge in [0.15, 0.2) is 0 Å². The molecular formula is C36H15CuF15GeP. The molecule has 18 heteroatoms. The van der Waals surface area contributed by atoms with Crippen molar-refractivity contribution >= 4 is 51.4 Å². The molecule has 0 fully saturated rings. The monoisotopic (exact) mass is 900 g/mol. The Balaban J connectivity index is 0.000000274. The zero-order valence-corrected chi connectivity index (χ0v) is 30.0. The molecule has 0 amide bonds. The molecule has 54 heavy (non-hydrogen) atoms. The minimum atomic E-state index is -6.37. The molecule has 6 rings (SSSR count). The molecule has 0 nitrogen and oxygen atoms in total. The van der Waals surface area contributed by atoms with Crippen LogP contribution in [0, 0.1) is 87.3 Å². The molecule has 6 aromatic rings. The minimum Gasteiger partial charge on any atom is -0.0622 e. The Morgan fingerprint density at radius 3 is 0.611 bits per heavy atom. The van der Waals surface area contributed by atoms with Crippen LogP contribution in [-0.2, 0) is 17.1 Å². The predicted molar refractivity (Wildman–Crippen MR) is 168 cm³/mol. The molecule has 2 radical (unpaired) electrons. The summed E-state index contributed by atoms with van der Waals surface area (Å²) in [6, 6.07) is 32.3. The van der Waals surface area contributed by atoms with E-state index in [9.17, 15) is 65.9 Å². The van der Waals surface area contributed by atoms with Crippen LogP contribution in [0.25, 0.3) is 0 Å². The van der Waals surface area contributed by atoms with Crippen molar-refractivity contribution in [1.29, 1.82) is 0 Å². The van der Waals surface area contributed by atoms with Crippen molar-refractivity contribution < 1.29 is 82.9 Å². The average molecular weight is 900 g/mol. The summed E-state index contributed by atoms with van der Waals surface area (Å²) in [4.78, 5) is 0. The van der Waals surface area contributed by atoms with Gasteiger partial charge in [-0.1, -0.05) is 91.0 Å². The second kappa shape index (κ2) is 17.5. The molecule has 284 valence electrons. The SMILES string of the molecule is Fc1c(F)c(F)[c]([Ge]([c]2c(F)c(F)c(F)c(F)c2F)[c]2c(F)c(F)c(F)c(F)c2F)c(F)c1F.[Cu].c1ccc(P(c2ccccc2)c2ccccc2)cc1. The molecular weight excluding hydrogens is 884 g/mol. The van der Waals surface area contributed by atoms with Crippen LogP contribution in [-0.4, -0.2) is 14.3 Å². The quantitative estimate of drug-likeness (QED) is 0.0529. The van der Waals surface area contributed by atoms with Crippen LogP contribution >= 0.6 is 7.92 Å². The summed E-state index contributed by atoms with van der Waals surface area (Å²) < 4.78 is 201. The molecule has 0 aliphatic heterocycles. The van der Waals surface area contributed by atoms with Gasteiger partial charge in [0.1, 0.15) is 0 Å². The maximum absolute atomic E-state index is 14.4. The number of halogens is 15. The van der Waals surface area contributed by atoms with Crippen molar-refractivity contribution in [1.82, 2.24) is 0 Å². The molecule has 0 saturated heterocycles. The van der Waals surface area contributed by atoms with Crippen molar-refractivity contribution in [2.45, 2.75) is 0 Å². The summed E-state index contributed by atoms with van der Waals surface area (Å²) in [5.41, 5.74) is 0. The first-order chi connectivity index (χ1) is 25.1. The van der Waals surface area contributed by atoms with E-state index in [4.69, 9.17) is 0 Å². The molecule has 0 aromatic heterocycles. The Morgan fingerprint density at radius 2 is 0.426 bits per heavy atom. The molecule has 0 spiro atoms. The van der Waals surface area contributed by atoms with Crippen LogP contribution in [0.4, 0.5) is 65.9 Å². The van der Waals surface area contributed by atoms with Gasteiger partial charge in [-0.25, -0.2) is 0 Å². The van der Waals surface area contributed by atoms with E-state index < -0.39 is 123 Å². The topological polar surface area (TPSA) is 0 Å². The number of rotatable bonds is 6. The number of benzene rings is 6. The first-order valence-corrected chi connectivity index (χ1v) is 19.0. The second-order valence-electron chi connectivity index (χ2n) is 10.6. The largest absolute Gasteiger partial charge is 0.0622 e. The van der Waals surface area contributed by atoms with Gasteiger partial charge in [-0.2, -0.15) is 0 Å². The maximum atomic E-state index is 14.4. The Hall–Kier alpha value is -4.24. The molecule has 0 aliphatic carbocycles. The Morgan fingerprint density at radius 1 is 0.259 bits per heavy atom. The molecule has 0 N–H and O–H groups in total. The molecule has 0 aliphatic rings. The zero-order chi connectivity index (χ0) is 38.9. The summed E-state index contributed by atoms with van der Waals surface area (Å²) in [5, 5.41) is 4.19. The Bertz CT molecular complexity index is 1970. The number of hydrogen-bond acceptors (Lipinski definition) is 0. The third-order valence-electron chi connectivity index (χ3n) is 7.42. The van der Waals surface area contributed by atoms with E-state index in [0.717, 1.165) is 0 Å². The average Bonchev–Trinajstić information content (AvgIpc) is 3.18. The standard InChI is InChI=1S/C18F15Ge.C18H15P.Cu/c19-1-4(22)10(28)16(11(29)5(1)23)34(17-12(30)6(24)2(20)7(25)13(17)31)18-14(32)8(26)3(21)9(27)15(18)33;1-4-10-16(11-5-1)19(17-12-6-2-7-13-17)18-14-8-3-9-15-18;/h;1-15H;. The first-order valence-electron chi connectivity index (χ1n) is 14.5. The Labute approximate surface area is 311 Å². The van der Waals surface area contributed by atoms with E-state index in [1.165, 1.54) is 15.9 Å². The van der Waals surface area contributed by atoms with Gasteiger partial charge in [-0.3, -0.25) is 0 Å². The van der Waals surface area contributed by atoms with Gasteiger partial charge in [0.2, 0.25) is 0 Å². The summed E-state index contributed by atoms with van der Waals surface area (Å²) >= 11 is -6.37. The predicted octanol–water partition coefficient (Wildman–Crippen LogP) is 7.73. The molecule has 0 heterocycles. The van der Waals surface area contributed by atoms with E-state index >= 15 is 0 Å². The van der Waals surface area contributed by atoms with E-state index in [1.807, 2.05) is 0 Å². The van der Waals surface area contributed by atoms with Crippen molar-refractivity contribution in [2.75, 3.05) is 0 Å². The van der Waals surface area contributed by atoms with Gasteiger partial charge in [0, 0.05) is 17.1 Å². The summed E-state index contributed by atoms with van der Waals surface area (Å²) in [7, 11) is -0.446. The van der Waals surface area contributed by atoms with Crippen LogP contribution < -0.4 is 29.1 Å². The van der Waals surface area contributed by atoms with Gasteiger partial charge >= 0.3 is 181 Å². The van der Waals surface area contributed by atoms with E-state index in [-0.39, 0.29) is 17.1 Å². The van der Waals surface area contributed by atoms with Gasteiger partial charge in [0.25, 0.3) is 0 Å². The van der Waals surface area contributed by atoms with Gasteiger partial charge in [0.05, 0.1) is 0 Å². The Kier molecular flexibility index (Phi) is 13.8. The molecule has 0 unspecified atom stereocenters. The third-order valence-corrected chi connectivity index (χ3v) is 15.8. The van der Waals surface area contributed by atoms with Crippen molar-refractivity contribution in [2.24, 2.45) is 0 Å². The maximum Gasteiger partial charge on any atom is 0 e. The fourth-order valence-electron chi connectivity index (χ4n) is 5.03. The van der Waals surface area contributed by atoms with Crippen LogP contribution in [0.2, 0.25) is 0 Å². The smallest absolute Gasteiger partial charge is 0 e. The normalized spacial score (nSPS) is 11.1. The summed E-state index contributed by atoms with van der Waals surface area (Å²) in [5.74, 6) is -44.5. The van der Waals surface area contributed by atoms with Crippen LogP contribution in [0.5, 0.6) is 0 Å². The van der Waals surface area contributed by atoms with Crippen molar-refractivity contribution in [3.8, 4) is 0 Å². The minimum absolute atomic E-state index is 0. The molecule has 0 atom stereocenters.